The second-order valence-electron chi connectivity index (χ2n) is 6.01. The fourth-order valence-electron chi connectivity index (χ4n) is 1.77. The van der Waals surface area contributed by atoms with Gasteiger partial charge >= 0.3 is 5.97 Å². The molecule has 0 aliphatic carbocycles. The molecule has 1 unspecified atom stereocenters. The minimum atomic E-state index is -1.53. The Morgan fingerprint density at radius 3 is 2.48 bits per heavy atom. The molecule has 0 spiro atoms. The highest BCUT2D eigenvalue weighted by Gasteiger charge is 2.40. The topological polar surface area (TPSA) is 72.4 Å². The maximum Gasteiger partial charge on any atom is 0.305 e. The molecular weight excluding hydrogens is 361 g/mol. The molecule has 0 aliphatic heterocycles. The smallest absolute Gasteiger partial charge is 0.305 e. The van der Waals surface area contributed by atoms with Crippen LogP contribution in [0.25, 0.3) is 0 Å². The lowest BCUT2D eigenvalue weighted by atomic mass is 9.89. The van der Waals surface area contributed by atoms with Gasteiger partial charge in [0, 0.05) is 21.4 Å². The van der Waals surface area contributed by atoms with E-state index in [1.165, 1.54) is 25.1 Å². The lowest BCUT2D eigenvalue weighted by molar-refractivity contribution is -0.138. The van der Waals surface area contributed by atoms with Gasteiger partial charge in [-0.15, -0.1) is 4.72 Å². The van der Waals surface area contributed by atoms with Crippen molar-refractivity contribution in [3.8, 4) is 0 Å². The highest BCUT2D eigenvalue weighted by Crippen LogP contribution is 2.32. The van der Waals surface area contributed by atoms with Crippen molar-refractivity contribution in [1.82, 2.24) is 4.72 Å². The largest absolute Gasteiger partial charge is 0.598 e. The first-order valence-corrected chi connectivity index (χ1v) is 8.27. The molecule has 0 heterocycles. The number of carbonyl (C=O) groups is 1. The summed E-state index contributed by atoms with van der Waals surface area (Å²) in [6, 6.07) is 4.28. The summed E-state index contributed by atoms with van der Waals surface area (Å²) in [5.74, 6) is -1.64. The Balaban J connectivity index is 3.26. The van der Waals surface area contributed by atoms with Crippen LogP contribution in [0, 0.1) is 5.82 Å². The second kappa shape index (κ2) is 6.64. The molecule has 0 amide bonds. The van der Waals surface area contributed by atoms with Crippen molar-refractivity contribution in [1.29, 1.82) is 0 Å². The minimum absolute atomic E-state index is 0.164. The van der Waals surface area contributed by atoms with Crippen molar-refractivity contribution in [2.24, 2.45) is 0 Å². The Hall–Kier alpha value is -0.630. The molecule has 0 aromatic heterocycles. The van der Waals surface area contributed by atoms with Gasteiger partial charge in [-0.3, -0.25) is 4.79 Å². The van der Waals surface area contributed by atoms with E-state index in [2.05, 4.69) is 20.7 Å². The van der Waals surface area contributed by atoms with Crippen LogP contribution in [0.3, 0.4) is 0 Å². The Morgan fingerprint density at radius 2 is 2.00 bits per heavy atom. The first kappa shape index (κ1) is 18.4. The number of benzene rings is 1. The SMILES string of the molecule is CC(CC(=O)O)(N[S@+]([O-])C(C)(C)C)c1cc(Br)ccc1F. The monoisotopic (exact) mass is 379 g/mol. The maximum absolute atomic E-state index is 14.1. The fraction of sp³-hybridized carbons (Fsp3) is 0.500. The molecule has 0 bridgehead atoms. The fourth-order valence-corrected chi connectivity index (χ4v) is 3.03. The quantitative estimate of drug-likeness (QED) is 0.769. The molecular formula is C14H19BrFNO3S. The maximum atomic E-state index is 14.1. The van der Waals surface area contributed by atoms with Crippen LogP contribution in [-0.4, -0.2) is 20.4 Å². The van der Waals surface area contributed by atoms with Crippen LogP contribution < -0.4 is 4.72 Å². The van der Waals surface area contributed by atoms with Crippen molar-refractivity contribution in [3.05, 3.63) is 34.1 Å². The molecule has 21 heavy (non-hydrogen) atoms. The van der Waals surface area contributed by atoms with E-state index in [-0.39, 0.29) is 12.0 Å². The Bertz CT molecular complexity index is 535. The highest BCUT2D eigenvalue weighted by atomic mass is 79.9. The van der Waals surface area contributed by atoms with Crippen molar-refractivity contribution >= 4 is 33.3 Å². The predicted octanol–water partition coefficient (Wildman–Crippen LogP) is 3.33. The van der Waals surface area contributed by atoms with Gasteiger partial charge < -0.3 is 9.66 Å². The van der Waals surface area contributed by atoms with Crippen LogP contribution in [0.2, 0.25) is 0 Å². The van der Waals surface area contributed by atoms with E-state index in [0.29, 0.717) is 4.47 Å². The second-order valence-corrected chi connectivity index (χ2v) is 8.89. The molecule has 4 nitrogen and oxygen atoms in total. The summed E-state index contributed by atoms with van der Waals surface area (Å²) in [5.41, 5.74) is -1.12. The Kier molecular flexibility index (Phi) is 5.83. The van der Waals surface area contributed by atoms with Crippen LogP contribution >= 0.6 is 15.9 Å². The molecule has 0 saturated heterocycles. The molecule has 0 aliphatic rings. The summed E-state index contributed by atoms with van der Waals surface area (Å²) in [6.45, 7) is 6.81. The molecule has 0 radical (unpaired) electrons. The van der Waals surface area contributed by atoms with Crippen molar-refractivity contribution in [3.63, 3.8) is 0 Å². The van der Waals surface area contributed by atoms with Gasteiger partial charge in [0.15, 0.2) is 0 Å². The Labute approximate surface area is 135 Å². The molecule has 0 saturated carbocycles. The van der Waals surface area contributed by atoms with Gasteiger partial charge in [-0.1, -0.05) is 15.9 Å². The summed E-state index contributed by atoms with van der Waals surface area (Å²) >= 11 is 1.71. The van der Waals surface area contributed by atoms with E-state index >= 15 is 0 Å². The zero-order chi connectivity index (χ0) is 16.4. The summed E-state index contributed by atoms with van der Waals surface area (Å²) < 4.78 is 29.2. The van der Waals surface area contributed by atoms with E-state index in [0.717, 1.165) is 0 Å². The van der Waals surface area contributed by atoms with Gasteiger partial charge in [-0.25, -0.2) is 4.39 Å². The van der Waals surface area contributed by atoms with E-state index in [9.17, 15) is 13.7 Å². The van der Waals surface area contributed by atoms with Gasteiger partial charge in [0.25, 0.3) is 0 Å². The van der Waals surface area contributed by atoms with E-state index in [1.54, 1.807) is 20.8 Å². The van der Waals surface area contributed by atoms with Gasteiger partial charge in [-0.05, 0) is 45.9 Å². The standard InChI is InChI=1S/C14H19BrFNO3S/c1-13(2,3)21(20)17-14(4,8-12(18)19)10-7-9(15)5-6-11(10)16/h5-7,17H,8H2,1-4H3,(H,18,19)/t14?,21-/m1/s1. The van der Waals surface area contributed by atoms with Gasteiger partial charge in [-0.2, -0.15) is 0 Å². The first-order valence-electron chi connectivity index (χ1n) is 6.33. The molecule has 1 aromatic rings. The molecule has 0 fully saturated rings. The number of carboxylic acids is 1. The number of nitrogens with one attached hydrogen (secondary N) is 1. The Morgan fingerprint density at radius 1 is 1.43 bits per heavy atom. The van der Waals surface area contributed by atoms with Gasteiger partial charge in [0.05, 0.1) is 12.0 Å². The summed E-state index contributed by atoms with van der Waals surface area (Å²) in [5, 5.41) is 9.11. The molecule has 2 N–H and O–H groups in total. The zero-order valence-corrected chi connectivity index (χ0v) is 14.8. The number of aliphatic carboxylic acids is 1. The van der Waals surface area contributed by atoms with Crippen LogP contribution in [-0.2, 0) is 21.7 Å². The number of carboxylic acid groups (broad SMARTS) is 1. The third kappa shape index (κ3) is 4.95. The molecule has 1 rings (SSSR count). The zero-order valence-electron chi connectivity index (χ0n) is 12.4. The summed E-state index contributed by atoms with van der Waals surface area (Å²) in [6.07, 6.45) is -0.387. The van der Waals surface area contributed by atoms with Gasteiger partial charge in [0.1, 0.15) is 10.6 Å². The molecule has 2 atom stereocenters. The lowest BCUT2D eigenvalue weighted by Crippen LogP contribution is -2.51. The van der Waals surface area contributed by atoms with Crippen molar-refractivity contribution < 1.29 is 18.8 Å². The van der Waals surface area contributed by atoms with Crippen LogP contribution in [0.5, 0.6) is 0 Å². The van der Waals surface area contributed by atoms with Crippen LogP contribution in [0.4, 0.5) is 4.39 Å². The number of halogens is 2. The first-order chi connectivity index (χ1) is 9.45. The summed E-state index contributed by atoms with van der Waals surface area (Å²) in [7, 11) is 0. The number of rotatable bonds is 5. The third-order valence-electron chi connectivity index (χ3n) is 2.90. The van der Waals surface area contributed by atoms with Crippen molar-refractivity contribution in [2.75, 3.05) is 0 Å². The van der Waals surface area contributed by atoms with Gasteiger partial charge in [0.2, 0.25) is 0 Å². The van der Waals surface area contributed by atoms with Crippen LogP contribution in [0.15, 0.2) is 22.7 Å². The van der Waals surface area contributed by atoms with Crippen LogP contribution in [0.1, 0.15) is 39.7 Å². The number of hydrogen-bond donors (Lipinski definition) is 2. The normalized spacial score (nSPS) is 16.3. The van der Waals surface area contributed by atoms with E-state index in [1.807, 2.05) is 0 Å². The van der Waals surface area contributed by atoms with E-state index in [4.69, 9.17) is 5.11 Å². The van der Waals surface area contributed by atoms with E-state index < -0.39 is 33.4 Å². The molecule has 7 heteroatoms. The average molecular weight is 380 g/mol. The molecule has 1 aromatic carbocycles. The molecule has 118 valence electrons. The minimum Gasteiger partial charge on any atom is -0.598 e. The van der Waals surface area contributed by atoms with Crippen molar-refractivity contribution in [2.45, 2.75) is 44.4 Å². The predicted molar refractivity (Wildman–Crippen MR) is 84.7 cm³/mol. The highest BCUT2D eigenvalue weighted by molar-refractivity contribution is 9.10. The lowest BCUT2D eigenvalue weighted by Gasteiger charge is -2.34. The average Bonchev–Trinajstić information content (AvgIpc) is 2.29. The third-order valence-corrected chi connectivity index (χ3v) is 5.14. The number of hydrogen-bond acceptors (Lipinski definition) is 3. The summed E-state index contributed by atoms with van der Waals surface area (Å²) in [4.78, 5) is 11.1.